The molecule has 2 aromatic heterocycles. The van der Waals surface area contributed by atoms with E-state index in [0.29, 0.717) is 19.5 Å². The Bertz CT molecular complexity index is 748. The second kappa shape index (κ2) is 6.59. The van der Waals surface area contributed by atoms with Crippen LogP contribution in [0.15, 0.2) is 29.3 Å². The molecular formula is C19H23N3O3. The van der Waals surface area contributed by atoms with Crippen molar-refractivity contribution in [2.45, 2.75) is 44.1 Å². The van der Waals surface area contributed by atoms with Crippen molar-refractivity contribution in [3.8, 4) is 11.3 Å². The summed E-state index contributed by atoms with van der Waals surface area (Å²) in [6.07, 6.45) is 10.1. The maximum absolute atomic E-state index is 12.8. The van der Waals surface area contributed by atoms with Crippen molar-refractivity contribution >= 4 is 5.91 Å². The van der Waals surface area contributed by atoms with Crippen LogP contribution in [0.3, 0.4) is 0 Å². The summed E-state index contributed by atoms with van der Waals surface area (Å²) >= 11 is 0. The molecule has 0 aromatic carbocycles. The van der Waals surface area contributed by atoms with Crippen LogP contribution in [-0.4, -0.2) is 46.6 Å². The molecule has 25 heavy (non-hydrogen) atoms. The third-order valence-corrected chi connectivity index (χ3v) is 5.60. The fraction of sp³-hybridized carbons (Fsp3) is 0.526. The predicted molar refractivity (Wildman–Crippen MR) is 91.9 cm³/mol. The van der Waals surface area contributed by atoms with E-state index in [9.17, 15) is 4.79 Å². The lowest BCUT2D eigenvalue weighted by Gasteiger charge is -2.41. The Balaban J connectivity index is 1.50. The zero-order valence-corrected chi connectivity index (χ0v) is 14.5. The van der Waals surface area contributed by atoms with Crippen LogP contribution in [0.25, 0.3) is 11.3 Å². The molecule has 132 valence electrons. The summed E-state index contributed by atoms with van der Waals surface area (Å²) in [7, 11) is 1.72. The molecule has 1 aliphatic carbocycles. The van der Waals surface area contributed by atoms with Crippen molar-refractivity contribution in [2.75, 3.05) is 20.2 Å². The Morgan fingerprint density at radius 3 is 2.84 bits per heavy atom. The lowest BCUT2D eigenvalue weighted by Crippen LogP contribution is -2.45. The number of carbonyl (C=O) groups is 1. The Kier molecular flexibility index (Phi) is 4.29. The van der Waals surface area contributed by atoms with E-state index in [4.69, 9.17) is 9.15 Å². The van der Waals surface area contributed by atoms with Gasteiger partial charge in [0.25, 0.3) is 0 Å². The molecule has 0 saturated heterocycles. The van der Waals surface area contributed by atoms with E-state index in [0.717, 1.165) is 54.6 Å². The van der Waals surface area contributed by atoms with Crippen LogP contribution in [0.5, 0.6) is 0 Å². The van der Waals surface area contributed by atoms with Gasteiger partial charge in [-0.05, 0) is 31.7 Å². The predicted octanol–water partition coefficient (Wildman–Crippen LogP) is 2.62. The summed E-state index contributed by atoms with van der Waals surface area (Å²) < 4.78 is 10.8. The average Bonchev–Trinajstić information content (AvgIpc) is 3.04. The van der Waals surface area contributed by atoms with E-state index in [1.54, 1.807) is 26.0 Å². The summed E-state index contributed by atoms with van der Waals surface area (Å²) in [5.41, 5.74) is 3.82. The summed E-state index contributed by atoms with van der Waals surface area (Å²) in [5, 5.41) is 0. The highest BCUT2D eigenvalue weighted by Gasteiger charge is 2.40. The van der Waals surface area contributed by atoms with Gasteiger partial charge in [-0.1, -0.05) is 0 Å². The van der Waals surface area contributed by atoms with E-state index in [-0.39, 0.29) is 11.5 Å². The highest BCUT2D eigenvalue weighted by molar-refractivity contribution is 5.77. The summed E-state index contributed by atoms with van der Waals surface area (Å²) in [6.45, 7) is 1.40. The first-order valence-corrected chi connectivity index (χ1v) is 8.89. The molecule has 0 bridgehead atoms. The first-order chi connectivity index (χ1) is 12.2. The van der Waals surface area contributed by atoms with Gasteiger partial charge in [-0.3, -0.25) is 4.79 Å². The molecular weight excluding hydrogens is 318 g/mol. The zero-order valence-electron chi connectivity index (χ0n) is 14.5. The first kappa shape index (κ1) is 16.3. The minimum Gasteiger partial charge on any atom is -0.472 e. The normalized spacial score (nSPS) is 19.0. The van der Waals surface area contributed by atoms with E-state index in [2.05, 4.69) is 9.97 Å². The fourth-order valence-corrected chi connectivity index (χ4v) is 3.84. The van der Waals surface area contributed by atoms with Gasteiger partial charge in [0.05, 0.1) is 30.2 Å². The number of methoxy groups -OCH3 is 1. The second-order valence-electron chi connectivity index (χ2n) is 6.96. The highest BCUT2D eigenvalue weighted by atomic mass is 16.5. The Morgan fingerprint density at radius 1 is 1.32 bits per heavy atom. The van der Waals surface area contributed by atoms with E-state index in [1.165, 1.54) is 0 Å². The minimum atomic E-state index is -0.224. The number of hydrogen-bond acceptors (Lipinski definition) is 5. The molecule has 2 aromatic rings. The van der Waals surface area contributed by atoms with Crippen molar-refractivity contribution in [1.29, 1.82) is 0 Å². The van der Waals surface area contributed by atoms with E-state index in [1.807, 2.05) is 11.0 Å². The quantitative estimate of drug-likeness (QED) is 0.855. The number of furan rings is 1. The van der Waals surface area contributed by atoms with Gasteiger partial charge < -0.3 is 14.1 Å². The fourth-order valence-electron chi connectivity index (χ4n) is 3.84. The van der Waals surface area contributed by atoms with Crippen molar-refractivity contribution < 1.29 is 13.9 Å². The van der Waals surface area contributed by atoms with Crippen molar-refractivity contribution in [1.82, 2.24) is 14.9 Å². The monoisotopic (exact) mass is 341 g/mol. The molecule has 1 fully saturated rings. The molecule has 6 nitrogen and oxygen atoms in total. The van der Waals surface area contributed by atoms with Gasteiger partial charge in [0, 0.05) is 43.4 Å². The van der Waals surface area contributed by atoms with Gasteiger partial charge in [-0.2, -0.15) is 0 Å². The largest absolute Gasteiger partial charge is 0.472 e. The molecule has 3 heterocycles. The van der Waals surface area contributed by atoms with E-state index >= 15 is 0 Å². The number of aromatic nitrogens is 2. The van der Waals surface area contributed by atoms with Gasteiger partial charge in [0.1, 0.15) is 6.33 Å². The number of fused-ring (bicyclic) bond motifs is 1. The Hall–Kier alpha value is -2.21. The second-order valence-corrected chi connectivity index (χ2v) is 6.96. The molecule has 0 unspecified atom stereocenters. The number of ether oxygens (including phenoxy) is 1. The molecule has 1 aliphatic heterocycles. The Labute approximate surface area is 147 Å². The van der Waals surface area contributed by atoms with Crippen molar-refractivity contribution in [3.63, 3.8) is 0 Å². The third kappa shape index (κ3) is 3.06. The molecule has 6 heteroatoms. The molecule has 4 rings (SSSR count). The van der Waals surface area contributed by atoms with Crippen LogP contribution in [-0.2, 0) is 22.4 Å². The van der Waals surface area contributed by atoms with E-state index < -0.39 is 0 Å². The van der Waals surface area contributed by atoms with Crippen LogP contribution in [0.2, 0.25) is 0 Å². The van der Waals surface area contributed by atoms with Crippen LogP contribution < -0.4 is 0 Å². The maximum atomic E-state index is 12.8. The van der Waals surface area contributed by atoms with Crippen LogP contribution in [0, 0.1) is 0 Å². The average molecular weight is 341 g/mol. The van der Waals surface area contributed by atoms with Crippen LogP contribution in [0.1, 0.15) is 36.9 Å². The molecule has 0 radical (unpaired) electrons. The summed E-state index contributed by atoms with van der Waals surface area (Å²) in [5.74, 6) is 0.187. The van der Waals surface area contributed by atoms with Crippen molar-refractivity contribution in [2.24, 2.45) is 0 Å². The van der Waals surface area contributed by atoms with Gasteiger partial charge >= 0.3 is 0 Å². The number of hydrogen-bond donors (Lipinski definition) is 0. The van der Waals surface area contributed by atoms with Crippen molar-refractivity contribution in [3.05, 3.63) is 36.2 Å². The van der Waals surface area contributed by atoms with Gasteiger partial charge in [0.2, 0.25) is 5.91 Å². The summed E-state index contributed by atoms with van der Waals surface area (Å²) in [4.78, 5) is 23.6. The van der Waals surface area contributed by atoms with Gasteiger partial charge in [-0.25, -0.2) is 9.97 Å². The zero-order chi connectivity index (χ0) is 17.3. The highest BCUT2D eigenvalue weighted by Crippen LogP contribution is 2.38. The van der Waals surface area contributed by atoms with Gasteiger partial charge in [-0.15, -0.1) is 0 Å². The number of rotatable bonds is 4. The maximum Gasteiger partial charge on any atom is 0.225 e. The third-order valence-electron chi connectivity index (χ3n) is 5.60. The standard InChI is InChI=1S/C19H23N3O3/c1-24-19(6-2-7-19)11-17(23)22-8-3-15-16(4-9-22)20-13-21-18(15)14-5-10-25-12-14/h5,10,12-13H,2-4,6-9,11H2,1H3. The first-order valence-electron chi connectivity index (χ1n) is 8.89. The molecule has 0 spiro atoms. The number of amides is 1. The SMILES string of the molecule is COC1(CC(=O)N2CCc3ncnc(-c4ccoc4)c3CC2)CCC1. The smallest absolute Gasteiger partial charge is 0.225 e. The molecule has 1 saturated carbocycles. The number of nitrogens with zero attached hydrogens (tertiary/aromatic N) is 3. The molecule has 1 amide bonds. The Morgan fingerprint density at radius 2 is 2.16 bits per heavy atom. The summed E-state index contributed by atoms with van der Waals surface area (Å²) in [6, 6.07) is 1.91. The molecule has 0 N–H and O–H groups in total. The van der Waals surface area contributed by atoms with Gasteiger partial charge in [0.15, 0.2) is 0 Å². The lowest BCUT2D eigenvalue weighted by molar-refractivity contribution is -0.144. The van der Waals surface area contributed by atoms with Crippen LogP contribution in [0.4, 0.5) is 0 Å². The topological polar surface area (TPSA) is 68.5 Å². The number of carbonyl (C=O) groups excluding carboxylic acids is 1. The minimum absolute atomic E-state index is 0.187. The molecule has 0 atom stereocenters. The lowest BCUT2D eigenvalue weighted by atomic mass is 9.77. The molecule has 2 aliphatic rings. The van der Waals surface area contributed by atoms with Crippen LogP contribution >= 0.6 is 0 Å².